The van der Waals surface area contributed by atoms with Crippen LogP contribution in [0.15, 0.2) is 0 Å². The largest absolute Gasteiger partial charge is 0.394 e. The number of halogens is 3. The molecule has 0 bridgehead atoms. The Labute approximate surface area is 61.0 Å². The second kappa shape index (κ2) is 3.08. The standard InChI is InChI=1S/C5H8F3NO2/c1-2(5(6,7)8)3(10)4(9)11/h2-3,10H,1H3,(H2,9,11). The maximum Gasteiger partial charge on any atom is 0.394 e. The van der Waals surface area contributed by atoms with Gasteiger partial charge in [-0.2, -0.15) is 13.2 Å². The predicted molar refractivity (Wildman–Crippen MR) is 30.4 cm³/mol. The Bertz CT molecular complexity index is 156. The van der Waals surface area contributed by atoms with E-state index in [4.69, 9.17) is 5.11 Å². The van der Waals surface area contributed by atoms with E-state index in [2.05, 4.69) is 5.73 Å². The molecule has 11 heavy (non-hydrogen) atoms. The number of primary amides is 1. The van der Waals surface area contributed by atoms with Crippen LogP contribution >= 0.6 is 0 Å². The molecule has 0 saturated heterocycles. The molecule has 0 aromatic rings. The molecule has 66 valence electrons. The Morgan fingerprint density at radius 1 is 1.55 bits per heavy atom. The SMILES string of the molecule is CC(C(O)C(N)=O)C(F)(F)F. The number of alkyl halides is 3. The molecule has 0 saturated carbocycles. The number of aliphatic hydroxyl groups is 1. The van der Waals surface area contributed by atoms with Crippen LogP contribution in [0.2, 0.25) is 0 Å². The van der Waals surface area contributed by atoms with Crippen molar-refractivity contribution in [2.24, 2.45) is 11.7 Å². The summed E-state index contributed by atoms with van der Waals surface area (Å²) in [6.45, 7) is 0.690. The van der Waals surface area contributed by atoms with Crippen LogP contribution < -0.4 is 5.73 Å². The lowest BCUT2D eigenvalue weighted by molar-refractivity contribution is -0.195. The van der Waals surface area contributed by atoms with Crippen molar-refractivity contribution < 1.29 is 23.1 Å². The van der Waals surface area contributed by atoms with Gasteiger partial charge in [0.15, 0.2) is 0 Å². The van der Waals surface area contributed by atoms with Gasteiger partial charge in [0.05, 0.1) is 5.92 Å². The Morgan fingerprint density at radius 3 is 2.00 bits per heavy atom. The molecule has 0 aliphatic carbocycles. The van der Waals surface area contributed by atoms with E-state index in [9.17, 15) is 18.0 Å². The Morgan fingerprint density at radius 2 is 1.91 bits per heavy atom. The van der Waals surface area contributed by atoms with Gasteiger partial charge in [0.25, 0.3) is 0 Å². The summed E-state index contributed by atoms with van der Waals surface area (Å²) in [5.74, 6) is -3.48. The average Bonchev–Trinajstić information content (AvgIpc) is 1.82. The van der Waals surface area contributed by atoms with Crippen LogP contribution in [0.4, 0.5) is 13.2 Å². The highest BCUT2D eigenvalue weighted by Gasteiger charge is 2.42. The Balaban J connectivity index is 4.25. The van der Waals surface area contributed by atoms with Crippen LogP contribution in [0, 0.1) is 5.92 Å². The van der Waals surface area contributed by atoms with Gasteiger partial charge in [-0.1, -0.05) is 6.92 Å². The molecular formula is C5H8F3NO2. The fraction of sp³-hybridized carbons (Fsp3) is 0.800. The van der Waals surface area contributed by atoms with E-state index >= 15 is 0 Å². The van der Waals surface area contributed by atoms with Crippen LogP contribution in [0.5, 0.6) is 0 Å². The van der Waals surface area contributed by atoms with E-state index in [1.165, 1.54) is 0 Å². The Hall–Kier alpha value is -0.780. The van der Waals surface area contributed by atoms with Crippen molar-refractivity contribution >= 4 is 5.91 Å². The molecule has 0 spiro atoms. The number of carbonyl (C=O) groups excluding carboxylic acids is 1. The van der Waals surface area contributed by atoms with Gasteiger partial charge < -0.3 is 10.8 Å². The quantitative estimate of drug-likeness (QED) is 0.615. The normalized spacial score (nSPS) is 17.5. The summed E-state index contributed by atoms with van der Waals surface area (Å²) in [5, 5.41) is 8.54. The third-order valence-corrected chi connectivity index (χ3v) is 1.28. The molecule has 6 heteroatoms. The van der Waals surface area contributed by atoms with Crippen molar-refractivity contribution in [1.82, 2.24) is 0 Å². The van der Waals surface area contributed by atoms with Gasteiger partial charge in [0.1, 0.15) is 6.10 Å². The molecule has 3 N–H and O–H groups in total. The molecule has 3 nitrogen and oxygen atoms in total. The number of hydrogen-bond donors (Lipinski definition) is 2. The highest BCUT2D eigenvalue weighted by Crippen LogP contribution is 2.27. The van der Waals surface area contributed by atoms with E-state index in [-0.39, 0.29) is 0 Å². The van der Waals surface area contributed by atoms with Gasteiger partial charge in [-0.25, -0.2) is 0 Å². The molecule has 0 aliphatic rings. The number of aliphatic hydroxyl groups excluding tert-OH is 1. The highest BCUT2D eigenvalue weighted by atomic mass is 19.4. The molecule has 0 heterocycles. The maximum absolute atomic E-state index is 11.7. The first-order valence-electron chi connectivity index (χ1n) is 2.81. The van der Waals surface area contributed by atoms with Crippen molar-refractivity contribution in [3.63, 3.8) is 0 Å². The van der Waals surface area contributed by atoms with Gasteiger partial charge in [-0.05, 0) is 0 Å². The van der Waals surface area contributed by atoms with Crippen molar-refractivity contribution in [2.75, 3.05) is 0 Å². The van der Waals surface area contributed by atoms with Crippen LogP contribution in [0.3, 0.4) is 0 Å². The van der Waals surface area contributed by atoms with E-state index in [0.29, 0.717) is 6.92 Å². The molecular weight excluding hydrogens is 163 g/mol. The number of amides is 1. The lowest BCUT2D eigenvalue weighted by Gasteiger charge is -2.18. The molecule has 0 rings (SSSR count). The van der Waals surface area contributed by atoms with Gasteiger partial charge in [-0.3, -0.25) is 4.79 Å². The van der Waals surface area contributed by atoms with Crippen molar-refractivity contribution in [3.8, 4) is 0 Å². The Kier molecular flexibility index (Phi) is 2.86. The molecule has 0 aromatic heterocycles. The zero-order valence-corrected chi connectivity index (χ0v) is 5.72. The van der Waals surface area contributed by atoms with E-state index in [0.717, 1.165) is 0 Å². The van der Waals surface area contributed by atoms with Crippen LogP contribution in [-0.4, -0.2) is 23.3 Å². The molecule has 1 amide bonds. The minimum Gasteiger partial charge on any atom is -0.383 e. The minimum atomic E-state index is -4.59. The summed E-state index contributed by atoms with van der Waals surface area (Å²) in [6, 6.07) is 0. The monoisotopic (exact) mass is 171 g/mol. The summed E-state index contributed by atoms with van der Waals surface area (Å²) in [4.78, 5) is 10.1. The number of hydrogen-bond acceptors (Lipinski definition) is 2. The summed E-state index contributed by atoms with van der Waals surface area (Å²) in [7, 11) is 0. The van der Waals surface area contributed by atoms with Crippen LogP contribution in [0.25, 0.3) is 0 Å². The first-order valence-corrected chi connectivity index (χ1v) is 2.81. The van der Waals surface area contributed by atoms with Gasteiger partial charge in [0.2, 0.25) is 5.91 Å². The number of nitrogens with two attached hydrogens (primary N) is 1. The predicted octanol–water partition coefficient (Wildman–Crippen LogP) is 0.0310. The second-order valence-corrected chi connectivity index (χ2v) is 2.18. The van der Waals surface area contributed by atoms with Crippen LogP contribution in [0.1, 0.15) is 6.92 Å². The highest BCUT2D eigenvalue weighted by molar-refractivity contribution is 5.78. The topological polar surface area (TPSA) is 63.3 Å². The fourth-order valence-electron chi connectivity index (χ4n) is 0.425. The molecule has 0 radical (unpaired) electrons. The molecule has 2 unspecified atom stereocenters. The van der Waals surface area contributed by atoms with Gasteiger partial charge in [-0.15, -0.1) is 0 Å². The molecule has 0 aromatic carbocycles. The minimum absolute atomic E-state index is 0.690. The summed E-state index contributed by atoms with van der Waals surface area (Å²) in [5.41, 5.74) is 4.44. The van der Waals surface area contributed by atoms with E-state index in [1.807, 2.05) is 0 Å². The van der Waals surface area contributed by atoms with Gasteiger partial charge >= 0.3 is 6.18 Å². The summed E-state index contributed by atoms with van der Waals surface area (Å²) >= 11 is 0. The lowest BCUT2D eigenvalue weighted by atomic mass is 10.0. The first-order chi connectivity index (χ1) is 4.76. The number of carbonyl (C=O) groups is 1. The molecule has 0 aliphatic heterocycles. The second-order valence-electron chi connectivity index (χ2n) is 2.18. The van der Waals surface area contributed by atoms with Crippen molar-refractivity contribution in [2.45, 2.75) is 19.2 Å². The fourth-order valence-corrected chi connectivity index (χ4v) is 0.425. The molecule has 0 fully saturated rings. The van der Waals surface area contributed by atoms with Crippen molar-refractivity contribution in [3.05, 3.63) is 0 Å². The van der Waals surface area contributed by atoms with Gasteiger partial charge in [0, 0.05) is 0 Å². The maximum atomic E-state index is 11.7. The summed E-state index contributed by atoms with van der Waals surface area (Å²) in [6.07, 6.45) is -6.75. The van der Waals surface area contributed by atoms with Crippen LogP contribution in [-0.2, 0) is 4.79 Å². The van der Waals surface area contributed by atoms with E-state index < -0.39 is 24.1 Å². The lowest BCUT2D eigenvalue weighted by Crippen LogP contribution is -2.40. The third kappa shape index (κ3) is 2.75. The zero-order valence-electron chi connectivity index (χ0n) is 5.72. The third-order valence-electron chi connectivity index (χ3n) is 1.28. The average molecular weight is 171 g/mol. The summed E-state index contributed by atoms with van der Waals surface area (Å²) < 4.78 is 35.1. The molecule has 2 atom stereocenters. The van der Waals surface area contributed by atoms with E-state index in [1.54, 1.807) is 0 Å². The smallest absolute Gasteiger partial charge is 0.383 e. The first kappa shape index (κ1) is 10.2. The number of rotatable bonds is 2. The zero-order chi connectivity index (χ0) is 9.23. The van der Waals surface area contributed by atoms with Crippen molar-refractivity contribution in [1.29, 1.82) is 0 Å².